The maximum atomic E-state index is 13.3. The van der Waals surface area contributed by atoms with E-state index in [-0.39, 0.29) is 17.0 Å². The highest BCUT2D eigenvalue weighted by Crippen LogP contribution is 2.30. The van der Waals surface area contributed by atoms with Gasteiger partial charge in [0.25, 0.3) is 5.91 Å². The number of rotatable bonds is 5. The van der Waals surface area contributed by atoms with Gasteiger partial charge in [-0.3, -0.25) is 4.79 Å². The number of benzene rings is 2. The van der Waals surface area contributed by atoms with Gasteiger partial charge in [0, 0.05) is 23.2 Å². The molecule has 0 aliphatic carbocycles. The molecule has 1 aliphatic rings. The molecule has 34 heavy (non-hydrogen) atoms. The maximum absolute atomic E-state index is 13.3. The molecular formula is C23H21ClN6O3S. The van der Waals surface area contributed by atoms with Crippen molar-refractivity contribution in [2.75, 3.05) is 31.5 Å². The number of benzodiazepines with no additional fused rings is 1. The number of hydrogen-bond acceptors (Lipinski definition) is 7. The fourth-order valence-corrected chi connectivity index (χ4v) is 3.77. The van der Waals surface area contributed by atoms with Crippen LogP contribution < -0.4 is 25.0 Å². The molecule has 2 N–H and O–H groups in total. The highest BCUT2D eigenvalue weighted by Gasteiger charge is 2.30. The number of nitrogens with one attached hydrogen (secondary N) is 2. The van der Waals surface area contributed by atoms with Gasteiger partial charge in [0.05, 0.1) is 31.7 Å². The van der Waals surface area contributed by atoms with Gasteiger partial charge in [0.15, 0.2) is 5.11 Å². The summed E-state index contributed by atoms with van der Waals surface area (Å²) in [6.45, 7) is 0. The third-order valence-corrected chi connectivity index (χ3v) is 5.49. The van der Waals surface area contributed by atoms with Crippen LogP contribution in [-0.4, -0.2) is 54.1 Å². The third kappa shape index (κ3) is 4.92. The molecule has 3 aromatic rings. The number of nitrogens with zero attached hydrogens (tertiary/aromatic N) is 4. The standard InChI is InChI=1S/C23H21ClN6O3S/c1-30-16-10-9-14(24)11-15(16)19(13-7-5-4-6-8-13)27-20(21(30)31)28-23(34)29-22-25-17(32-2)12-18(26-22)33-3/h4-12,20H,1-3H3,(H2,25,26,28,29,34). The van der Waals surface area contributed by atoms with E-state index in [0.717, 1.165) is 11.1 Å². The van der Waals surface area contributed by atoms with Crippen molar-refractivity contribution in [3.8, 4) is 11.8 Å². The Kier molecular flexibility index (Phi) is 6.90. The fourth-order valence-electron chi connectivity index (χ4n) is 3.40. The molecule has 4 rings (SSSR count). The molecule has 1 atom stereocenters. The Balaban J connectivity index is 1.68. The zero-order valence-electron chi connectivity index (χ0n) is 18.6. The first kappa shape index (κ1) is 23.4. The monoisotopic (exact) mass is 496 g/mol. The first-order chi connectivity index (χ1) is 16.4. The van der Waals surface area contributed by atoms with Crippen molar-refractivity contribution in [1.29, 1.82) is 0 Å². The number of amides is 1. The van der Waals surface area contributed by atoms with Crippen LogP contribution >= 0.6 is 23.8 Å². The van der Waals surface area contributed by atoms with Gasteiger partial charge in [-0.2, -0.15) is 9.97 Å². The molecule has 2 heterocycles. The number of thiocarbonyl (C=S) groups is 1. The second kappa shape index (κ2) is 10.0. The summed E-state index contributed by atoms with van der Waals surface area (Å²) in [6, 6.07) is 16.4. The van der Waals surface area contributed by atoms with Crippen LogP contribution in [0.15, 0.2) is 59.6 Å². The normalized spacial score (nSPS) is 15.1. The minimum Gasteiger partial charge on any atom is -0.481 e. The highest BCUT2D eigenvalue weighted by atomic mass is 35.5. The summed E-state index contributed by atoms with van der Waals surface area (Å²) >= 11 is 11.7. The van der Waals surface area contributed by atoms with Crippen molar-refractivity contribution >= 4 is 52.2 Å². The van der Waals surface area contributed by atoms with Gasteiger partial charge >= 0.3 is 0 Å². The molecule has 174 valence electrons. The van der Waals surface area contributed by atoms with Crippen LogP contribution in [0.4, 0.5) is 11.6 Å². The Morgan fingerprint density at radius 3 is 2.38 bits per heavy atom. The smallest absolute Gasteiger partial charge is 0.272 e. The SMILES string of the molecule is COc1cc(OC)nc(NC(=S)NC2N=C(c3ccccc3)c3cc(Cl)ccc3N(C)C2=O)n1. The van der Waals surface area contributed by atoms with E-state index in [4.69, 9.17) is 38.3 Å². The number of likely N-dealkylation sites (N-methyl/N-ethyl adjacent to an activating group) is 1. The molecule has 9 nitrogen and oxygen atoms in total. The number of aliphatic imine (C=N–C) groups is 1. The van der Waals surface area contributed by atoms with Crippen LogP contribution in [0, 0.1) is 0 Å². The molecule has 0 bridgehead atoms. The molecule has 1 aliphatic heterocycles. The molecule has 0 radical (unpaired) electrons. The average molecular weight is 497 g/mol. The van der Waals surface area contributed by atoms with E-state index in [9.17, 15) is 4.79 Å². The lowest BCUT2D eigenvalue weighted by Crippen LogP contribution is -2.47. The molecule has 0 saturated carbocycles. The Morgan fingerprint density at radius 2 is 1.74 bits per heavy atom. The van der Waals surface area contributed by atoms with Gasteiger partial charge in [-0.1, -0.05) is 41.9 Å². The summed E-state index contributed by atoms with van der Waals surface area (Å²) < 4.78 is 10.3. The number of ether oxygens (including phenoxy) is 2. The van der Waals surface area contributed by atoms with E-state index in [1.165, 1.54) is 25.2 Å². The topological polar surface area (TPSA) is 101 Å². The maximum Gasteiger partial charge on any atom is 0.272 e. The lowest BCUT2D eigenvalue weighted by atomic mass is 10.0. The van der Waals surface area contributed by atoms with Crippen molar-refractivity contribution in [3.63, 3.8) is 0 Å². The quantitative estimate of drug-likeness (QED) is 0.519. The van der Waals surface area contributed by atoms with Crippen molar-refractivity contribution in [2.45, 2.75) is 6.17 Å². The molecular weight excluding hydrogens is 476 g/mol. The summed E-state index contributed by atoms with van der Waals surface area (Å²) in [5.74, 6) is 0.423. The van der Waals surface area contributed by atoms with Gasteiger partial charge in [0.1, 0.15) is 0 Å². The van der Waals surface area contributed by atoms with Gasteiger partial charge < -0.3 is 25.0 Å². The Hall–Kier alpha value is -3.76. The minimum atomic E-state index is -1.01. The van der Waals surface area contributed by atoms with Gasteiger partial charge in [-0.15, -0.1) is 0 Å². The molecule has 2 aromatic carbocycles. The number of anilines is 2. The molecule has 0 saturated heterocycles. The summed E-state index contributed by atoms with van der Waals surface area (Å²) in [5, 5.41) is 6.45. The van der Waals surface area contributed by atoms with Crippen LogP contribution in [0.3, 0.4) is 0 Å². The molecule has 1 unspecified atom stereocenters. The van der Waals surface area contributed by atoms with Crippen LogP contribution in [0.1, 0.15) is 11.1 Å². The van der Waals surface area contributed by atoms with Gasteiger partial charge in [-0.05, 0) is 30.4 Å². The van der Waals surface area contributed by atoms with Crippen molar-refractivity contribution in [1.82, 2.24) is 15.3 Å². The first-order valence-corrected chi connectivity index (χ1v) is 10.9. The predicted octanol–water partition coefficient (Wildman–Crippen LogP) is 3.27. The van der Waals surface area contributed by atoms with Crippen LogP contribution in [0.25, 0.3) is 0 Å². The van der Waals surface area contributed by atoms with Gasteiger partial charge in [0.2, 0.25) is 23.9 Å². The van der Waals surface area contributed by atoms with Gasteiger partial charge in [-0.25, -0.2) is 4.99 Å². The molecule has 0 fully saturated rings. The summed E-state index contributed by atoms with van der Waals surface area (Å²) in [7, 11) is 4.64. The number of halogens is 1. The highest BCUT2D eigenvalue weighted by molar-refractivity contribution is 7.80. The van der Waals surface area contributed by atoms with Crippen molar-refractivity contribution in [2.24, 2.45) is 4.99 Å². The number of aromatic nitrogens is 2. The van der Waals surface area contributed by atoms with Crippen molar-refractivity contribution in [3.05, 3.63) is 70.7 Å². The van der Waals surface area contributed by atoms with E-state index < -0.39 is 6.17 Å². The predicted molar refractivity (Wildman–Crippen MR) is 135 cm³/mol. The van der Waals surface area contributed by atoms with Crippen LogP contribution in [0.2, 0.25) is 5.02 Å². The summed E-state index contributed by atoms with van der Waals surface area (Å²) in [4.78, 5) is 28.0. The van der Waals surface area contributed by atoms with Crippen molar-refractivity contribution < 1.29 is 14.3 Å². The van der Waals surface area contributed by atoms with Crippen LogP contribution in [0.5, 0.6) is 11.8 Å². The zero-order chi connectivity index (χ0) is 24.2. The third-order valence-electron chi connectivity index (χ3n) is 5.04. The van der Waals surface area contributed by atoms with Crippen LogP contribution in [-0.2, 0) is 4.79 Å². The lowest BCUT2D eigenvalue weighted by Gasteiger charge is -2.21. The number of carbonyl (C=O) groups excluding carboxylic acids is 1. The van der Waals surface area contributed by atoms with E-state index >= 15 is 0 Å². The average Bonchev–Trinajstić information content (AvgIpc) is 2.94. The number of fused-ring (bicyclic) bond motifs is 1. The molecule has 11 heteroatoms. The fraction of sp³-hybridized carbons (Fsp3) is 0.174. The second-order valence-electron chi connectivity index (χ2n) is 7.18. The lowest BCUT2D eigenvalue weighted by molar-refractivity contribution is -0.119. The second-order valence-corrected chi connectivity index (χ2v) is 8.02. The van der Waals surface area contributed by atoms with E-state index in [2.05, 4.69) is 20.6 Å². The molecule has 1 aromatic heterocycles. The van der Waals surface area contributed by atoms with E-state index in [0.29, 0.717) is 28.2 Å². The number of hydrogen-bond donors (Lipinski definition) is 2. The zero-order valence-corrected chi connectivity index (χ0v) is 20.1. The molecule has 0 spiro atoms. The number of methoxy groups -OCH3 is 2. The summed E-state index contributed by atoms with van der Waals surface area (Å²) in [5.41, 5.74) is 2.86. The Bertz CT molecular complexity index is 1250. The molecule has 1 amide bonds. The minimum absolute atomic E-state index is 0.0993. The largest absolute Gasteiger partial charge is 0.481 e. The van der Waals surface area contributed by atoms with E-state index in [1.807, 2.05) is 30.3 Å². The van der Waals surface area contributed by atoms with E-state index in [1.54, 1.807) is 25.2 Å². The Morgan fingerprint density at radius 1 is 1.06 bits per heavy atom. The summed E-state index contributed by atoms with van der Waals surface area (Å²) in [6.07, 6.45) is -1.01. The number of carbonyl (C=O) groups is 1. The first-order valence-electron chi connectivity index (χ1n) is 10.1. The Labute approximate surface area is 206 Å².